The minimum atomic E-state index is 0.352. The highest BCUT2D eigenvalue weighted by Gasteiger charge is 2.27. The van der Waals surface area contributed by atoms with Crippen molar-refractivity contribution < 1.29 is 0 Å². The standard InChI is InChI=1S/C15H23N3/c1-15(2)9-6-10-18(12-15)14(16)17-11-13-7-4-3-5-8-13/h3-5,7-8H,6,9-12H2,1-2H3,(H2,16,17). The minimum Gasteiger partial charge on any atom is -0.370 e. The number of hydrogen-bond acceptors (Lipinski definition) is 1. The molecular weight excluding hydrogens is 222 g/mol. The Balaban J connectivity index is 1.96. The molecule has 1 heterocycles. The van der Waals surface area contributed by atoms with Crippen molar-refractivity contribution in [2.45, 2.75) is 33.2 Å². The van der Waals surface area contributed by atoms with Gasteiger partial charge in [0.1, 0.15) is 0 Å². The first-order valence-electron chi connectivity index (χ1n) is 6.66. The average molecular weight is 245 g/mol. The van der Waals surface area contributed by atoms with Gasteiger partial charge in [0.25, 0.3) is 0 Å². The van der Waals surface area contributed by atoms with E-state index in [1.807, 2.05) is 18.2 Å². The number of hydrogen-bond donors (Lipinski definition) is 1. The summed E-state index contributed by atoms with van der Waals surface area (Å²) in [6.07, 6.45) is 2.48. The van der Waals surface area contributed by atoms with E-state index in [-0.39, 0.29) is 0 Å². The third-order valence-corrected chi connectivity index (χ3v) is 3.49. The molecule has 2 N–H and O–H groups in total. The van der Waals surface area contributed by atoms with Gasteiger partial charge in [0, 0.05) is 13.1 Å². The summed E-state index contributed by atoms with van der Waals surface area (Å²) in [7, 11) is 0. The molecule has 0 aliphatic carbocycles. The van der Waals surface area contributed by atoms with Crippen LogP contribution in [0.4, 0.5) is 0 Å². The Hall–Kier alpha value is -1.51. The van der Waals surface area contributed by atoms with Crippen LogP contribution >= 0.6 is 0 Å². The summed E-state index contributed by atoms with van der Waals surface area (Å²) in [5.41, 5.74) is 7.65. The zero-order chi connectivity index (χ0) is 13.0. The molecule has 98 valence electrons. The molecule has 0 atom stereocenters. The molecule has 0 unspecified atom stereocenters. The molecule has 0 spiro atoms. The Kier molecular flexibility index (Phi) is 3.90. The number of likely N-dealkylation sites (tertiary alicyclic amines) is 1. The van der Waals surface area contributed by atoms with Gasteiger partial charge in [0.15, 0.2) is 5.96 Å². The van der Waals surface area contributed by atoms with Crippen molar-refractivity contribution in [3.63, 3.8) is 0 Å². The number of nitrogens with zero attached hydrogens (tertiary/aromatic N) is 2. The Morgan fingerprint density at radius 1 is 1.33 bits per heavy atom. The van der Waals surface area contributed by atoms with Crippen molar-refractivity contribution in [1.29, 1.82) is 0 Å². The summed E-state index contributed by atoms with van der Waals surface area (Å²) in [5.74, 6) is 0.687. The number of aliphatic imine (C=N–C) groups is 1. The van der Waals surface area contributed by atoms with Crippen molar-refractivity contribution in [3.8, 4) is 0 Å². The number of nitrogens with two attached hydrogens (primary N) is 1. The molecule has 0 saturated carbocycles. The predicted octanol–water partition coefficient (Wildman–Crippen LogP) is 2.62. The molecule has 0 radical (unpaired) electrons. The van der Waals surface area contributed by atoms with Crippen LogP contribution in [0.2, 0.25) is 0 Å². The van der Waals surface area contributed by atoms with Crippen LogP contribution in [0.15, 0.2) is 35.3 Å². The third kappa shape index (κ3) is 3.49. The minimum absolute atomic E-state index is 0.352. The molecule has 0 amide bonds. The molecule has 0 aromatic heterocycles. The van der Waals surface area contributed by atoms with Crippen molar-refractivity contribution in [1.82, 2.24) is 4.90 Å². The van der Waals surface area contributed by atoms with Crippen molar-refractivity contribution in [3.05, 3.63) is 35.9 Å². The molecule has 1 aromatic rings. The monoisotopic (exact) mass is 245 g/mol. The van der Waals surface area contributed by atoms with Gasteiger partial charge in [-0.3, -0.25) is 0 Å². The maximum absolute atomic E-state index is 6.09. The van der Waals surface area contributed by atoms with Crippen LogP contribution in [0.3, 0.4) is 0 Å². The zero-order valence-electron chi connectivity index (χ0n) is 11.4. The predicted molar refractivity (Wildman–Crippen MR) is 76.4 cm³/mol. The van der Waals surface area contributed by atoms with Gasteiger partial charge in [-0.25, -0.2) is 4.99 Å². The fourth-order valence-corrected chi connectivity index (χ4v) is 2.47. The summed E-state index contributed by atoms with van der Waals surface area (Å²) >= 11 is 0. The van der Waals surface area contributed by atoms with Crippen LogP contribution in [0, 0.1) is 5.41 Å². The molecular formula is C15H23N3. The first-order chi connectivity index (χ1) is 8.57. The highest BCUT2D eigenvalue weighted by Crippen LogP contribution is 2.28. The second-order valence-corrected chi connectivity index (χ2v) is 5.85. The number of benzene rings is 1. The number of guanidine groups is 1. The Morgan fingerprint density at radius 2 is 2.06 bits per heavy atom. The molecule has 0 bridgehead atoms. The Bertz CT molecular complexity index is 409. The van der Waals surface area contributed by atoms with Gasteiger partial charge in [0.2, 0.25) is 0 Å². The Morgan fingerprint density at radius 3 is 2.72 bits per heavy atom. The molecule has 3 nitrogen and oxygen atoms in total. The maximum atomic E-state index is 6.09. The van der Waals surface area contributed by atoms with E-state index >= 15 is 0 Å². The van der Waals surface area contributed by atoms with Crippen LogP contribution in [0.1, 0.15) is 32.3 Å². The lowest BCUT2D eigenvalue weighted by atomic mass is 9.84. The second kappa shape index (κ2) is 5.42. The van der Waals surface area contributed by atoms with Gasteiger partial charge in [0.05, 0.1) is 6.54 Å². The molecule has 2 rings (SSSR count). The van der Waals surface area contributed by atoms with E-state index in [9.17, 15) is 0 Å². The van der Waals surface area contributed by atoms with E-state index in [1.54, 1.807) is 0 Å². The molecule has 1 fully saturated rings. The van der Waals surface area contributed by atoms with Gasteiger partial charge in [-0.15, -0.1) is 0 Å². The Labute approximate surface area is 110 Å². The third-order valence-electron chi connectivity index (χ3n) is 3.49. The summed E-state index contributed by atoms with van der Waals surface area (Å²) in [6, 6.07) is 10.2. The highest BCUT2D eigenvalue weighted by molar-refractivity contribution is 5.78. The quantitative estimate of drug-likeness (QED) is 0.643. The normalized spacial score (nSPS) is 19.9. The number of rotatable bonds is 2. The van der Waals surface area contributed by atoms with E-state index in [2.05, 4.69) is 35.9 Å². The van der Waals surface area contributed by atoms with E-state index in [0.29, 0.717) is 17.9 Å². The second-order valence-electron chi connectivity index (χ2n) is 5.85. The van der Waals surface area contributed by atoms with Crippen LogP contribution in [-0.4, -0.2) is 23.9 Å². The van der Waals surface area contributed by atoms with Crippen molar-refractivity contribution >= 4 is 5.96 Å². The fraction of sp³-hybridized carbons (Fsp3) is 0.533. The summed E-state index contributed by atoms with van der Waals surface area (Å²) in [6.45, 7) is 7.31. The highest BCUT2D eigenvalue weighted by atomic mass is 15.3. The zero-order valence-corrected chi connectivity index (χ0v) is 11.4. The SMILES string of the molecule is CC1(C)CCCN(C(N)=NCc2ccccc2)C1. The van der Waals surface area contributed by atoms with Crippen LogP contribution < -0.4 is 5.73 Å². The van der Waals surface area contributed by atoms with E-state index < -0.39 is 0 Å². The summed E-state index contributed by atoms with van der Waals surface area (Å²) < 4.78 is 0. The topological polar surface area (TPSA) is 41.6 Å². The van der Waals surface area contributed by atoms with Gasteiger partial charge in [-0.05, 0) is 23.8 Å². The van der Waals surface area contributed by atoms with Gasteiger partial charge < -0.3 is 10.6 Å². The molecule has 3 heteroatoms. The van der Waals surface area contributed by atoms with E-state index in [4.69, 9.17) is 5.73 Å². The molecule has 1 aliphatic heterocycles. The number of piperidine rings is 1. The van der Waals surface area contributed by atoms with Gasteiger partial charge in [-0.2, -0.15) is 0 Å². The molecule has 1 aromatic carbocycles. The maximum Gasteiger partial charge on any atom is 0.191 e. The molecule has 1 saturated heterocycles. The molecule has 18 heavy (non-hydrogen) atoms. The molecule has 1 aliphatic rings. The summed E-state index contributed by atoms with van der Waals surface area (Å²) in [4.78, 5) is 6.72. The van der Waals surface area contributed by atoms with Crippen LogP contribution in [0.5, 0.6) is 0 Å². The van der Waals surface area contributed by atoms with Crippen molar-refractivity contribution in [2.24, 2.45) is 16.1 Å². The lowest BCUT2D eigenvalue weighted by molar-refractivity contribution is 0.177. The van der Waals surface area contributed by atoms with Gasteiger partial charge in [-0.1, -0.05) is 44.2 Å². The lowest BCUT2D eigenvalue weighted by Gasteiger charge is -2.38. The van der Waals surface area contributed by atoms with Crippen molar-refractivity contribution in [2.75, 3.05) is 13.1 Å². The van der Waals surface area contributed by atoms with E-state index in [1.165, 1.54) is 18.4 Å². The summed E-state index contributed by atoms with van der Waals surface area (Å²) in [5, 5.41) is 0. The van der Waals surface area contributed by atoms with Crippen LogP contribution in [-0.2, 0) is 6.54 Å². The first kappa shape index (κ1) is 12.9. The van der Waals surface area contributed by atoms with E-state index in [0.717, 1.165) is 13.1 Å². The fourth-order valence-electron chi connectivity index (χ4n) is 2.47. The smallest absolute Gasteiger partial charge is 0.191 e. The average Bonchev–Trinajstić information content (AvgIpc) is 2.36. The first-order valence-corrected chi connectivity index (χ1v) is 6.66. The largest absolute Gasteiger partial charge is 0.370 e. The lowest BCUT2D eigenvalue weighted by Crippen LogP contribution is -2.47. The van der Waals surface area contributed by atoms with Crippen LogP contribution in [0.25, 0.3) is 0 Å². The van der Waals surface area contributed by atoms with Gasteiger partial charge >= 0.3 is 0 Å².